The molecule has 61 heavy (non-hydrogen) atoms. The summed E-state index contributed by atoms with van der Waals surface area (Å²) in [5.41, 5.74) is 3.29. The standard InChI is InChI=1S/C41H45F2N11O7/c1-45-41(60)51-12-8-31(47-24-9-13-61-14-10-24)30(20-51)37(44)53-11-2-3-22-15-27(28(36(42)43)17-33(22)53)23-18-46-52(19-23)21-35(56)50-49-25-4-5-26-29(16-25)40(59)54(39(26)58)32-6-7-34(55)48-38(32)57/h4-5,15-19,24,32,36,44,47,58-59H,2-3,6-14,20-21H2,1H3,(H,45,60)(H,48,55,57). The summed E-state index contributed by atoms with van der Waals surface area (Å²) in [4.78, 5) is 53.0. The molecule has 0 saturated carbocycles. The third-order valence-corrected chi connectivity index (χ3v) is 11.6. The van der Waals surface area contributed by atoms with Gasteiger partial charge in [0.15, 0.2) is 0 Å². The van der Waals surface area contributed by atoms with Gasteiger partial charge in [0.1, 0.15) is 18.4 Å². The van der Waals surface area contributed by atoms with Crippen molar-refractivity contribution in [3.8, 4) is 22.9 Å². The van der Waals surface area contributed by atoms with Crippen LogP contribution in [0.3, 0.4) is 0 Å². The highest BCUT2D eigenvalue weighted by Crippen LogP contribution is 2.43. The Kier molecular flexibility index (Phi) is 11.5. The van der Waals surface area contributed by atoms with Crippen molar-refractivity contribution in [2.75, 3.05) is 44.8 Å². The first-order chi connectivity index (χ1) is 29.4. The molecule has 0 spiro atoms. The van der Waals surface area contributed by atoms with Crippen LogP contribution in [0.5, 0.6) is 11.8 Å². The highest BCUT2D eigenvalue weighted by atomic mass is 19.3. The zero-order valence-corrected chi connectivity index (χ0v) is 33.3. The quantitative estimate of drug-likeness (QED) is 0.0575. The highest BCUT2D eigenvalue weighted by molar-refractivity contribution is 6.09. The first-order valence-electron chi connectivity index (χ1n) is 20.1. The first kappa shape index (κ1) is 41.1. The van der Waals surface area contributed by atoms with Gasteiger partial charge in [0.05, 0.1) is 18.4 Å². The van der Waals surface area contributed by atoms with E-state index in [1.807, 2.05) is 0 Å². The Morgan fingerprint density at radius 2 is 1.84 bits per heavy atom. The maximum absolute atomic E-state index is 14.9. The Morgan fingerprint density at radius 3 is 2.59 bits per heavy atom. The number of halogens is 2. The molecule has 6 heterocycles. The molecule has 2 fully saturated rings. The van der Waals surface area contributed by atoms with E-state index in [1.165, 1.54) is 41.3 Å². The SMILES string of the molecule is CNC(=O)N1CCC(NC2CCOCC2)=C(C(=N)N2CCCc3cc(-c4cnn(CC(=O)N=Nc5ccc6c(O)n(C7CCC(=O)NC7=O)c(O)c6c5)c4)c(C(F)F)cc32)C1. The van der Waals surface area contributed by atoms with Crippen molar-refractivity contribution in [3.05, 3.63) is 65.1 Å². The molecule has 2 aromatic heterocycles. The van der Waals surface area contributed by atoms with Crippen LogP contribution in [0, 0.1) is 5.41 Å². The fourth-order valence-electron chi connectivity index (χ4n) is 8.47. The van der Waals surface area contributed by atoms with Gasteiger partial charge in [-0.3, -0.25) is 34.4 Å². The number of carbonyl (C=O) groups excluding carboxylic acids is 4. The van der Waals surface area contributed by atoms with E-state index in [4.69, 9.17) is 4.74 Å². The minimum atomic E-state index is -2.87. The third kappa shape index (κ3) is 8.26. The maximum atomic E-state index is 14.9. The number of aryl methyl sites for hydroxylation is 1. The summed E-state index contributed by atoms with van der Waals surface area (Å²) in [5, 5.41) is 52.0. The Morgan fingerprint density at radius 1 is 1.05 bits per heavy atom. The number of anilines is 1. The zero-order valence-electron chi connectivity index (χ0n) is 33.3. The molecule has 0 bridgehead atoms. The van der Waals surface area contributed by atoms with Crippen LogP contribution in [-0.2, 0) is 32.1 Å². The van der Waals surface area contributed by atoms with Crippen LogP contribution in [0.2, 0.25) is 0 Å². The molecule has 20 heteroatoms. The van der Waals surface area contributed by atoms with Crippen molar-refractivity contribution in [2.24, 2.45) is 10.2 Å². The van der Waals surface area contributed by atoms with Crippen LogP contribution in [0.25, 0.3) is 21.9 Å². The number of amidine groups is 1. The molecule has 6 N–H and O–H groups in total. The number of carbonyl (C=O) groups is 4. The lowest BCUT2D eigenvalue weighted by Gasteiger charge is -2.38. The van der Waals surface area contributed by atoms with Gasteiger partial charge in [0.25, 0.3) is 12.3 Å². The predicted octanol–water partition coefficient (Wildman–Crippen LogP) is 4.94. The van der Waals surface area contributed by atoms with Gasteiger partial charge < -0.3 is 35.4 Å². The van der Waals surface area contributed by atoms with Gasteiger partial charge in [-0.15, -0.1) is 10.2 Å². The van der Waals surface area contributed by atoms with Gasteiger partial charge in [-0.1, -0.05) is 0 Å². The fraction of sp³-hybridized carbons (Fsp3) is 0.415. The molecule has 0 aliphatic carbocycles. The topological polar surface area (TPSA) is 232 Å². The molecule has 1 atom stereocenters. The molecule has 2 aromatic carbocycles. The molecule has 1 unspecified atom stereocenters. The number of ether oxygens (including phenoxy) is 1. The molecule has 18 nitrogen and oxygen atoms in total. The predicted molar refractivity (Wildman–Crippen MR) is 217 cm³/mol. The number of benzene rings is 2. The van der Waals surface area contributed by atoms with E-state index in [-0.39, 0.29) is 77.3 Å². The molecule has 2 saturated heterocycles. The number of amides is 5. The number of piperidine rings is 1. The number of nitrogens with zero attached hydrogens (tertiary/aromatic N) is 7. The minimum Gasteiger partial charge on any atom is -0.494 e. The number of aromatic nitrogens is 3. The number of imide groups is 1. The largest absolute Gasteiger partial charge is 0.494 e. The summed E-state index contributed by atoms with van der Waals surface area (Å²) in [5.74, 6) is -2.46. The Labute approximate surface area is 347 Å². The molecule has 0 radical (unpaired) electrons. The van der Waals surface area contributed by atoms with Gasteiger partial charge in [0, 0.05) is 97.3 Å². The second-order valence-electron chi connectivity index (χ2n) is 15.4. The van der Waals surface area contributed by atoms with Gasteiger partial charge in [-0.2, -0.15) is 5.10 Å². The normalized spacial score (nSPS) is 18.9. The van der Waals surface area contributed by atoms with Crippen LogP contribution in [0.15, 0.2) is 64.2 Å². The van der Waals surface area contributed by atoms with E-state index in [1.54, 1.807) is 22.9 Å². The molecule has 4 aromatic rings. The molecular weight excluding hydrogens is 797 g/mol. The Balaban J connectivity index is 1.00. The average Bonchev–Trinajstić information content (AvgIpc) is 3.82. The van der Waals surface area contributed by atoms with Crippen molar-refractivity contribution in [3.63, 3.8) is 0 Å². The molecule has 8 rings (SSSR count). The Hall–Kier alpha value is -6.70. The average molecular weight is 842 g/mol. The molecule has 4 aliphatic rings. The maximum Gasteiger partial charge on any atom is 0.317 e. The smallest absolute Gasteiger partial charge is 0.317 e. The van der Waals surface area contributed by atoms with Crippen molar-refractivity contribution < 1.29 is 42.9 Å². The molecule has 320 valence electrons. The number of hydrogen-bond acceptors (Lipinski definition) is 11. The van der Waals surface area contributed by atoms with Crippen molar-refractivity contribution in [1.82, 2.24) is 35.2 Å². The monoisotopic (exact) mass is 841 g/mol. The van der Waals surface area contributed by atoms with Gasteiger partial charge in [-0.05, 0) is 73.6 Å². The Bertz CT molecular complexity index is 2490. The van der Waals surface area contributed by atoms with Crippen LogP contribution in [0.1, 0.15) is 62.1 Å². The number of azo groups is 1. The van der Waals surface area contributed by atoms with Crippen LogP contribution in [-0.4, -0.2) is 105 Å². The van der Waals surface area contributed by atoms with Gasteiger partial charge >= 0.3 is 6.03 Å². The van der Waals surface area contributed by atoms with Crippen molar-refractivity contribution in [1.29, 1.82) is 5.41 Å². The van der Waals surface area contributed by atoms with E-state index in [2.05, 4.69) is 31.3 Å². The van der Waals surface area contributed by atoms with E-state index >= 15 is 0 Å². The highest BCUT2D eigenvalue weighted by Gasteiger charge is 2.34. The van der Waals surface area contributed by atoms with Gasteiger partial charge in [0.2, 0.25) is 23.6 Å². The third-order valence-electron chi connectivity index (χ3n) is 11.6. The number of aromatic hydroxyl groups is 2. The summed E-state index contributed by atoms with van der Waals surface area (Å²) in [6.45, 7) is 1.99. The fourth-order valence-corrected chi connectivity index (χ4v) is 8.47. The summed E-state index contributed by atoms with van der Waals surface area (Å²) < 4.78 is 37.6. The van der Waals surface area contributed by atoms with Crippen LogP contribution >= 0.6 is 0 Å². The zero-order chi connectivity index (χ0) is 42.9. The lowest BCUT2D eigenvalue weighted by Crippen LogP contribution is -2.48. The lowest BCUT2D eigenvalue weighted by atomic mass is 9.92. The van der Waals surface area contributed by atoms with E-state index in [0.717, 1.165) is 28.7 Å². The molecule has 4 aliphatic heterocycles. The number of hydrogen-bond donors (Lipinski definition) is 6. The number of alkyl halides is 2. The van der Waals surface area contributed by atoms with Crippen LogP contribution < -0.4 is 20.9 Å². The number of nitrogens with one attached hydrogen (secondary N) is 4. The number of rotatable bonds is 9. The molecular formula is C41H45F2N11O7. The van der Waals surface area contributed by atoms with Crippen LogP contribution in [0.4, 0.5) is 25.0 Å². The second kappa shape index (κ2) is 17.1. The summed E-state index contributed by atoms with van der Waals surface area (Å²) >= 11 is 0. The lowest BCUT2D eigenvalue weighted by molar-refractivity contribution is -0.136. The number of fused-ring (bicyclic) bond motifs is 2. The molecule has 5 amide bonds. The summed E-state index contributed by atoms with van der Waals surface area (Å²) in [6, 6.07) is 6.31. The van der Waals surface area contributed by atoms with Crippen molar-refractivity contribution in [2.45, 2.75) is 70.0 Å². The summed E-state index contributed by atoms with van der Waals surface area (Å²) in [7, 11) is 1.56. The first-order valence-corrected chi connectivity index (χ1v) is 20.1. The van der Waals surface area contributed by atoms with E-state index in [0.29, 0.717) is 62.4 Å². The number of urea groups is 1. The second-order valence-corrected chi connectivity index (χ2v) is 15.4. The van der Waals surface area contributed by atoms with Gasteiger partial charge in [-0.25, -0.2) is 13.6 Å². The summed E-state index contributed by atoms with van der Waals surface area (Å²) in [6.07, 6.45) is 3.51. The minimum absolute atomic E-state index is 0.0344. The van der Waals surface area contributed by atoms with Crippen molar-refractivity contribution >= 4 is 51.7 Å². The van der Waals surface area contributed by atoms with E-state index < -0.39 is 36.1 Å². The van der Waals surface area contributed by atoms with E-state index in [9.17, 15) is 43.6 Å².